The fraction of sp³-hybridized carbons (Fsp3) is 0.235. The highest BCUT2D eigenvalue weighted by Crippen LogP contribution is 2.10. The van der Waals surface area contributed by atoms with E-state index in [9.17, 15) is 4.79 Å². The van der Waals surface area contributed by atoms with E-state index in [0.29, 0.717) is 12.4 Å². The molecule has 2 heterocycles. The lowest BCUT2D eigenvalue weighted by atomic mass is 10.1. The fourth-order valence-electron chi connectivity index (χ4n) is 2.54. The third-order valence-corrected chi connectivity index (χ3v) is 3.59. The Morgan fingerprint density at radius 3 is 2.32 bits per heavy atom. The molecule has 0 atom stereocenters. The van der Waals surface area contributed by atoms with Gasteiger partial charge in [0.25, 0.3) is 11.5 Å². The molecule has 1 aromatic carbocycles. The van der Waals surface area contributed by atoms with E-state index in [0.717, 1.165) is 28.2 Å². The van der Waals surface area contributed by atoms with Gasteiger partial charge in [-0.05, 0) is 32.4 Å². The Morgan fingerprint density at radius 2 is 1.68 bits per heavy atom. The monoisotopic (exact) mass is 294 g/mol. The molecule has 0 bridgehead atoms. The third-order valence-electron chi connectivity index (χ3n) is 3.59. The van der Waals surface area contributed by atoms with Crippen molar-refractivity contribution in [1.82, 2.24) is 19.7 Å². The number of H-pyrrole nitrogens is 1. The molecule has 0 amide bonds. The van der Waals surface area contributed by atoms with Gasteiger partial charge in [0, 0.05) is 29.1 Å². The number of aryl methyl sites for hydroxylation is 3. The van der Waals surface area contributed by atoms with Gasteiger partial charge in [0.15, 0.2) is 0 Å². The van der Waals surface area contributed by atoms with Crippen LogP contribution in [-0.2, 0) is 6.42 Å². The molecule has 0 radical (unpaired) electrons. The molecular formula is C17H18N4O. The van der Waals surface area contributed by atoms with Crippen LogP contribution in [0.1, 0.15) is 28.2 Å². The third kappa shape index (κ3) is 2.70. The van der Waals surface area contributed by atoms with Crippen LogP contribution in [0.3, 0.4) is 0 Å². The molecule has 2 aromatic heterocycles. The van der Waals surface area contributed by atoms with E-state index in [4.69, 9.17) is 0 Å². The van der Waals surface area contributed by atoms with E-state index in [1.165, 1.54) is 4.68 Å². The van der Waals surface area contributed by atoms with Gasteiger partial charge >= 0.3 is 0 Å². The average Bonchev–Trinajstić information content (AvgIpc) is 2.75. The van der Waals surface area contributed by atoms with Crippen molar-refractivity contribution in [2.75, 3.05) is 0 Å². The first-order valence-electron chi connectivity index (χ1n) is 7.21. The maximum Gasteiger partial charge on any atom is 0.277 e. The Balaban J connectivity index is 2.05. The minimum absolute atomic E-state index is 0.0913. The summed E-state index contributed by atoms with van der Waals surface area (Å²) in [4.78, 5) is 21.4. The molecule has 0 unspecified atom stereocenters. The number of aromatic amines is 1. The van der Waals surface area contributed by atoms with Gasteiger partial charge in [-0.15, -0.1) is 0 Å². The molecule has 112 valence electrons. The predicted octanol–water partition coefficient (Wildman–Crippen LogP) is 2.47. The maximum atomic E-state index is 12.7. The molecule has 0 aliphatic carbocycles. The average molecular weight is 294 g/mol. The number of aromatic nitrogens is 4. The minimum atomic E-state index is -0.0913. The number of nitrogens with zero attached hydrogens (tertiary/aromatic N) is 3. The lowest BCUT2D eigenvalue weighted by Gasteiger charge is -2.02. The van der Waals surface area contributed by atoms with Crippen molar-refractivity contribution < 1.29 is 0 Å². The molecule has 0 saturated heterocycles. The normalized spacial score (nSPS) is 10.9. The highest BCUT2D eigenvalue weighted by Gasteiger charge is 2.14. The van der Waals surface area contributed by atoms with Crippen LogP contribution >= 0.6 is 0 Å². The summed E-state index contributed by atoms with van der Waals surface area (Å²) in [7, 11) is 0. The van der Waals surface area contributed by atoms with E-state index in [-0.39, 0.29) is 5.56 Å². The highest BCUT2D eigenvalue weighted by molar-refractivity contribution is 5.29. The first-order valence-corrected chi connectivity index (χ1v) is 7.21. The van der Waals surface area contributed by atoms with Crippen LogP contribution in [0.2, 0.25) is 0 Å². The fourth-order valence-corrected chi connectivity index (χ4v) is 2.54. The molecule has 0 fully saturated rings. The van der Waals surface area contributed by atoms with Crippen molar-refractivity contribution in [2.24, 2.45) is 0 Å². The first-order chi connectivity index (χ1) is 10.5. The summed E-state index contributed by atoms with van der Waals surface area (Å²) in [6.07, 6.45) is 0.597. The molecule has 0 spiro atoms. The van der Waals surface area contributed by atoms with Crippen LogP contribution in [-0.4, -0.2) is 19.7 Å². The van der Waals surface area contributed by atoms with Gasteiger partial charge in [0.2, 0.25) is 0 Å². The van der Waals surface area contributed by atoms with Crippen LogP contribution in [0.25, 0.3) is 5.95 Å². The highest BCUT2D eigenvalue weighted by atomic mass is 16.1. The van der Waals surface area contributed by atoms with Crippen molar-refractivity contribution in [3.63, 3.8) is 0 Å². The lowest BCUT2D eigenvalue weighted by Crippen LogP contribution is -2.20. The minimum Gasteiger partial charge on any atom is -0.292 e. The Kier molecular flexibility index (Phi) is 3.63. The van der Waals surface area contributed by atoms with Gasteiger partial charge in [-0.25, -0.2) is 9.97 Å². The number of hydrogen-bond acceptors (Lipinski definition) is 3. The first kappa shape index (κ1) is 14.3. The zero-order valence-electron chi connectivity index (χ0n) is 12.9. The van der Waals surface area contributed by atoms with Crippen LogP contribution in [0.4, 0.5) is 0 Å². The Morgan fingerprint density at radius 1 is 1.05 bits per heavy atom. The van der Waals surface area contributed by atoms with Crippen molar-refractivity contribution in [3.05, 3.63) is 75.0 Å². The second-order valence-electron chi connectivity index (χ2n) is 5.47. The summed E-state index contributed by atoms with van der Waals surface area (Å²) in [5, 5.41) is 3.08. The molecule has 3 rings (SSSR count). The second-order valence-corrected chi connectivity index (χ2v) is 5.47. The van der Waals surface area contributed by atoms with E-state index in [1.807, 2.05) is 57.2 Å². The molecule has 5 heteroatoms. The summed E-state index contributed by atoms with van der Waals surface area (Å²) >= 11 is 0. The summed E-state index contributed by atoms with van der Waals surface area (Å²) < 4.78 is 1.42. The van der Waals surface area contributed by atoms with Crippen LogP contribution < -0.4 is 5.56 Å². The van der Waals surface area contributed by atoms with Crippen molar-refractivity contribution >= 4 is 0 Å². The molecule has 5 nitrogen and oxygen atoms in total. The number of rotatable bonds is 3. The summed E-state index contributed by atoms with van der Waals surface area (Å²) in [5.74, 6) is 0.393. The largest absolute Gasteiger partial charge is 0.292 e. The van der Waals surface area contributed by atoms with Crippen molar-refractivity contribution in [2.45, 2.75) is 27.2 Å². The van der Waals surface area contributed by atoms with Crippen molar-refractivity contribution in [3.8, 4) is 5.95 Å². The molecule has 22 heavy (non-hydrogen) atoms. The molecule has 3 aromatic rings. The van der Waals surface area contributed by atoms with E-state index < -0.39 is 0 Å². The second kappa shape index (κ2) is 5.60. The van der Waals surface area contributed by atoms with Crippen LogP contribution in [0.5, 0.6) is 0 Å². The predicted molar refractivity (Wildman–Crippen MR) is 85.4 cm³/mol. The summed E-state index contributed by atoms with van der Waals surface area (Å²) in [6, 6.07) is 11.8. The van der Waals surface area contributed by atoms with Crippen LogP contribution in [0.15, 0.2) is 41.2 Å². The molecule has 0 saturated carbocycles. The van der Waals surface area contributed by atoms with Crippen LogP contribution in [0, 0.1) is 20.8 Å². The van der Waals surface area contributed by atoms with Gasteiger partial charge in [-0.3, -0.25) is 9.89 Å². The van der Waals surface area contributed by atoms with E-state index in [1.54, 1.807) is 0 Å². The number of nitrogens with one attached hydrogen (secondary N) is 1. The molecular weight excluding hydrogens is 276 g/mol. The number of benzene rings is 1. The quantitative estimate of drug-likeness (QED) is 0.807. The Labute approximate surface area is 128 Å². The number of hydrogen-bond donors (Lipinski definition) is 1. The van der Waals surface area contributed by atoms with E-state index >= 15 is 0 Å². The topological polar surface area (TPSA) is 63.6 Å². The summed E-state index contributed by atoms with van der Waals surface area (Å²) in [5.41, 5.74) is 4.28. The van der Waals surface area contributed by atoms with E-state index in [2.05, 4.69) is 15.1 Å². The SMILES string of the molecule is Cc1cc(C)nc(-n2[nH]c(C)c(Cc3ccccc3)c2=O)n1. The smallest absolute Gasteiger partial charge is 0.277 e. The Hall–Kier alpha value is -2.69. The Bertz CT molecular complexity index is 842. The van der Waals surface area contributed by atoms with Gasteiger partial charge < -0.3 is 0 Å². The molecule has 0 aliphatic rings. The maximum absolute atomic E-state index is 12.7. The van der Waals surface area contributed by atoms with Crippen molar-refractivity contribution in [1.29, 1.82) is 0 Å². The molecule has 1 N–H and O–H groups in total. The molecule has 0 aliphatic heterocycles. The summed E-state index contributed by atoms with van der Waals surface area (Å²) in [6.45, 7) is 5.69. The zero-order valence-corrected chi connectivity index (χ0v) is 12.9. The lowest BCUT2D eigenvalue weighted by molar-refractivity contribution is 0.762. The van der Waals surface area contributed by atoms with Gasteiger partial charge in [0.1, 0.15) is 0 Å². The standard InChI is InChI=1S/C17H18N4O/c1-11-9-12(2)19-17(18-11)21-16(22)15(13(3)20-21)10-14-7-5-4-6-8-14/h4-9,20H,10H2,1-3H3. The van der Waals surface area contributed by atoms with Gasteiger partial charge in [-0.2, -0.15) is 4.68 Å². The van der Waals surface area contributed by atoms with Gasteiger partial charge in [-0.1, -0.05) is 30.3 Å². The van der Waals surface area contributed by atoms with Gasteiger partial charge in [0.05, 0.1) is 0 Å². The zero-order chi connectivity index (χ0) is 15.7.